The molecule has 4 heteroatoms. The molecule has 0 atom stereocenters. The van der Waals surface area contributed by atoms with Crippen LogP contribution in [0.5, 0.6) is 0 Å². The van der Waals surface area contributed by atoms with E-state index in [-0.39, 0.29) is 6.42 Å². The van der Waals surface area contributed by atoms with Gasteiger partial charge in [-0.2, -0.15) is 0 Å². The van der Waals surface area contributed by atoms with Gasteiger partial charge in [0.25, 0.3) is 0 Å². The van der Waals surface area contributed by atoms with E-state index in [1.165, 1.54) is 15.7 Å². The number of nitrogens with zero attached hydrogens (tertiary/aromatic N) is 1. The SMILES string of the molecule is Cc1c(CC(=O)O)c2ccccn2c1Sc1cccc2ccccc12. The van der Waals surface area contributed by atoms with Crippen LogP contribution >= 0.6 is 11.8 Å². The highest BCUT2D eigenvalue weighted by molar-refractivity contribution is 7.99. The molecule has 0 aliphatic carbocycles. The second kappa shape index (κ2) is 6.30. The third-order valence-electron chi connectivity index (χ3n) is 4.45. The van der Waals surface area contributed by atoms with Crippen molar-refractivity contribution in [1.82, 2.24) is 4.40 Å². The van der Waals surface area contributed by atoms with Crippen LogP contribution in [0.3, 0.4) is 0 Å². The highest BCUT2D eigenvalue weighted by atomic mass is 32.2. The van der Waals surface area contributed by atoms with E-state index in [1.54, 1.807) is 11.8 Å². The topological polar surface area (TPSA) is 41.7 Å². The van der Waals surface area contributed by atoms with Gasteiger partial charge in [0.2, 0.25) is 0 Å². The van der Waals surface area contributed by atoms with Gasteiger partial charge in [0.1, 0.15) is 0 Å². The summed E-state index contributed by atoms with van der Waals surface area (Å²) in [6.07, 6.45) is 2.04. The van der Waals surface area contributed by atoms with Crippen LogP contribution in [0.25, 0.3) is 16.3 Å². The fourth-order valence-corrected chi connectivity index (χ4v) is 4.44. The van der Waals surface area contributed by atoms with Gasteiger partial charge in [-0.05, 0) is 47.0 Å². The van der Waals surface area contributed by atoms with Crippen molar-refractivity contribution in [1.29, 1.82) is 0 Å². The Hall–Kier alpha value is -2.72. The number of hydrogen-bond acceptors (Lipinski definition) is 2. The molecule has 0 fully saturated rings. The Morgan fingerprint density at radius 3 is 2.64 bits per heavy atom. The zero-order chi connectivity index (χ0) is 17.4. The first-order valence-electron chi connectivity index (χ1n) is 8.11. The largest absolute Gasteiger partial charge is 0.481 e. The Morgan fingerprint density at radius 1 is 1.04 bits per heavy atom. The fraction of sp³-hybridized carbons (Fsp3) is 0.0952. The molecule has 0 spiro atoms. The monoisotopic (exact) mass is 347 g/mol. The lowest BCUT2D eigenvalue weighted by molar-refractivity contribution is -0.136. The van der Waals surface area contributed by atoms with Crippen LogP contribution in [0.15, 0.2) is 76.8 Å². The van der Waals surface area contributed by atoms with Gasteiger partial charge >= 0.3 is 5.97 Å². The number of rotatable bonds is 4. The van der Waals surface area contributed by atoms with Crippen LogP contribution in [0, 0.1) is 6.92 Å². The van der Waals surface area contributed by atoms with E-state index >= 15 is 0 Å². The van der Waals surface area contributed by atoms with Crippen molar-refractivity contribution in [3.63, 3.8) is 0 Å². The molecule has 2 aromatic carbocycles. The highest BCUT2D eigenvalue weighted by Gasteiger charge is 2.18. The Bertz CT molecular complexity index is 1090. The third kappa shape index (κ3) is 2.79. The maximum absolute atomic E-state index is 11.3. The first-order chi connectivity index (χ1) is 12.1. The summed E-state index contributed by atoms with van der Waals surface area (Å²) in [5.41, 5.74) is 2.88. The zero-order valence-electron chi connectivity index (χ0n) is 13.8. The van der Waals surface area contributed by atoms with Gasteiger partial charge < -0.3 is 9.51 Å². The molecule has 0 aliphatic heterocycles. The number of aliphatic carboxylic acids is 1. The third-order valence-corrected chi connectivity index (χ3v) is 5.72. The quantitative estimate of drug-likeness (QED) is 0.553. The molecule has 3 nitrogen and oxygen atoms in total. The molecule has 4 aromatic rings. The normalized spacial score (nSPS) is 11.2. The predicted octanol–water partition coefficient (Wildman–Crippen LogP) is 5.18. The number of fused-ring (bicyclic) bond motifs is 2. The van der Waals surface area contributed by atoms with Crippen LogP contribution in [-0.4, -0.2) is 15.5 Å². The average Bonchev–Trinajstić information content (AvgIpc) is 2.88. The van der Waals surface area contributed by atoms with Crippen molar-refractivity contribution >= 4 is 34.0 Å². The van der Waals surface area contributed by atoms with E-state index in [2.05, 4.69) is 34.7 Å². The summed E-state index contributed by atoms with van der Waals surface area (Å²) in [5.74, 6) is -0.804. The lowest BCUT2D eigenvalue weighted by atomic mass is 10.1. The number of carboxylic acids is 1. The molecule has 2 heterocycles. The summed E-state index contributed by atoms with van der Waals surface area (Å²) in [6, 6.07) is 20.5. The molecule has 25 heavy (non-hydrogen) atoms. The van der Waals surface area contributed by atoms with Crippen molar-refractivity contribution in [3.05, 3.63) is 78.0 Å². The molecule has 1 N–H and O–H groups in total. The lowest BCUT2D eigenvalue weighted by Gasteiger charge is -2.08. The van der Waals surface area contributed by atoms with Crippen molar-refractivity contribution in [2.75, 3.05) is 0 Å². The van der Waals surface area contributed by atoms with E-state index < -0.39 is 5.97 Å². The lowest BCUT2D eigenvalue weighted by Crippen LogP contribution is -2.00. The van der Waals surface area contributed by atoms with Crippen molar-refractivity contribution < 1.29 is 9.90 Å². The summed E-state index contributed by atoms with van der Waals surface area (Å²) in [6.45, 7) is 2.01. The van der Waals surface area contributed by atoms with E-state index in [0.717, 1.165) is 21.7 Å². The summed E-state index contributed by atoms with van der Waals surface area (Å²) in [4.78, 5) is 12.5. The molecule has 0 saturated carbocycles. The van der Waals surface area contributed by atoms with Crippen molar-refractivity contribution in [3.8, 4) is 0 Å². The number of carbonyl (C=O) groups is 1. The molecular formula is C21H17NO2S. The molecule has 0 unspecified atom stereocenters. The van der Waals surface area contributed by atoms with Crippen LogP contribution < -0.4 is 0 Å². The zero-order valence-corrected chi connectivity index (χ0v) is 14.6. The van der Waals surface area contributed by atoms with Gasteiger partial charge in [-0.25, -0.2) is 0 Å². The van der Waals surface area contributed by atoms with E-state index in [4.69, 9.17) is 0 Å². The smallest absolute Gasteiger partial charge is 0.307 e. The standard InChI is InChI=1S/C21H17NO2S/c1-14-17(13-20(23)24)18-10-4-5-12-22(18)21(14)25-19-11-6-8-15-7-2-3-9-16(15)19/h2-12H,13H2,1H3,(H,23,24). The number of carboxylic acid groups (broad SMARTS) is 1. The average molecular weight is 347 g/mol. The highest BCUT2D eigenvalue weighted by Crippen LogP contribution is 2.38. The Morgan fingerprint density at radius 2 is 1.80 bits per heavy atom. The summed E-state index contributed by atoms with van der Waals surface area (Å²) in [7, 11) is 0. The van der Waals surface area contributed by atoms with Crippen LogP contribution in [0.4, 0.5) is 0 Å². The van der Waals surface area contributed by atoms with Crippen LogP contribution in [0.2, 0.25) is 0 Å². The summed E-state index contributed by atoms with van der Waals surface area (Å²) < 4.78 is 2.10. The molecule has 0 bridgehead atoms. The van der Waals surface area contributed by atoms with Gasteiger partial charge in [0.05, 0.1) is 17.0 Å². The first-order valence-corrected chi connectivity index (χ1v) is 8.93. The summed E-state index contributed by atoms with van der Waals surface area (Å²) in [5, 5.41) is 12.8. The maximum atomic E-state index is 11.3. The first kappa shape index (κ1) is 15.8. The fourth-order valence-electron chi connectivity index (χ4n) is 3.26. The summed E-state index contributed by atoms with van der Waals surface area (Å²) >= 11 is 1.69. The minimum atomic E-state index is -0.804. The Kier molecular flexibility index (Phi) is 3.98. The van der Waals surface area contributed by atoms with Crippen LogP contribution in [0.1, 0.15) is 11.1 Å². The molecule has 4 rings (SSSR count). The van der Waals surface area contributed by atoms with Gasteiger partial charge in [0.15, 0.2) is 0 Å². The van der Waals surface area contributed by atoms with E-state index in [9.17, 15) is 9.90 Å². The van der Waals surface area contributed by atoms with Gasteiger partial charge in [-0.3, -0.25) is 4.79 Å². The number of pyridine rings is 1. The van der Waals surface area contributed by atoms with Crippen LogP contribution in [-0.2, 0) is 11.2 Å². The molecule has 2 aromatic heterocycles. The number of benzene rings is 2. The van der Waals surface area contributed by atoms with Gasteiger partial charge in [-0.1, -0.05) is 54.2 Å². The second-order valence-corrected chi connectivity index (χ2v) is 7.05. The second-order valence-electron chi connectivity index (χ2n) is 6.01. The minimum absolute atomic E-state index is 0.0371. The molecular weight excluding hydrogens is 330 g/mol. The Labute approximate surface area is 149 Å². The number of hydrogen-bond donors (Lipinski definition) is 1. The minimum Gasteiger partial charge on any atom is -0.481 e. The van der Waals surface area contributed by atoms with Gasteiger partial charge in [0, 0.05) is 11.1 Å². The molecule has 0 saturated heterocycles. The van der Waals surface area contributed by atoms with Crippen molar-refractivity contribution in [2.45, 2.75) is 23.3 Å². The van der Waals surface area contributed by atoms with E-state index in [0.29, 0.717) is 0 Å². The Balaban J connectivity index is 1.89. The van der Waals surface area contributed by atoms with E-state index in [1.807, 2.05) is 43.5 Å². The maximum Gasteiger partial charge on any atom is 0.307 e. The predicted molar refractivity (Wildman–Crippen MR) is 102 cm³/mol. The van der Waals surface area contributed by atoms with Gasteiger partial charge in [-0.15, -0.1) is 0 Å². The molecule has 0 radical (unpaired) electrons. The molecule has 124 valence electrons. The molecule has 0 aliphatic rings. The number of aromatic nitrogens is 1. The van der Waals surface area contributed by atoms with Crippen molar-refractivity contribution in [2.24, 2.45) is 0 Å². The molecule has 0 amide bonds.